The van der Waals surface area contributed by atoms with Gasteiger partial charge in [0, 0.05) is 37.0 Å². The number of nitrogens with one attached hydrogen (secondary N) is 1. The molecule has 0 radical (unpaired) electrons. The van der Waals surface area contributed by atoms with Gasteiger partial charge in [-0.3, -0.25) is 4.99 Å². The van der Waals surface area contributed by atoms with Crippen molar-refractivity contribution < 1.29 is 47.5 Å². The second-order valence-electron chi connectivity index (χ2n) is 9.90. The molecular formula is C31H28F2N6O8. The molecule has 14 nitrogen and oxygen atoms in total. The topological polar surface area (TPSA) is 199 Å². The zero-order valence-corrected chi connectivity index (χ0v) is 25.2. The number of carboxylic acids is 1. The van der Waals surface area contributed by atoms with E-state index in [-0.39, 0.29) is 40.3 Å². The summed E-state index contributed by atoms with van der Waals surface area (Å²) in [7, 11) is 4.22. The van der Waals surface area contributed by atoms with E-state index in [1.54, 1.807) is 12.1 Å². The number of carbonyl (C=O) groups is 1. The summed E-state index contributed by atoms with van der Waals surface area (Å²) in [6.07, 6.45) is -0.127. The number of aromatic hydroxyl groups is 1. The van der Waals surface area contributed by atoms with E-state index in [4.69, 9.17) is 35.2 Å². The highest BCUT2D eigenvalue weighted by Gasteiger charge is 2.29. The van der Waals surface area contributed by atoms with Gasteiger partial charge in [0.05, 0.1) is 38.9 Å². The molecule has 5 rings (SSSR count). The Labute approximate surface area is 266 Å². The van der Waals surface area contributed by atoms with Crippen molar-refractivity contribution in [2.75, 3.05) is 39.7 Å². The average Bonchev–Trinajstić information content (AvgIpc) is 3.45. The zero-order valence-electron chi connectivity index (χ0n) is 25.2. The molecule has 1 aliphatic rings. The van der Waals surface area contributed by atoms with E-state index in [9.17, 15) is 15.0 Å². The maximum absolute atomic E-state index is 16.1. The number of carboxylic acid groups (broad SMARTS) is 1. The molecule has 0 saturated carbocycles. The molecule has 2 heterocycles. The number of phenolic OH excluding ortho intramolecular Hbond substituents is 1. The molecule has 3 aromatic carbocycles. The first-order valence-corrected chi connectivity index (χ1v) is 13.7. The number of aromatic carboxylic acids is 1. The molecule has 4 aromatic rings. The summed E-state index contributed by atoms with van der Waals surface area (Å²) in [6.45, 7) is 1.35. The summed E-state index contributed by atoms with van der Waals surface area (Å²) in [5.74, 6) is -8.27. The van der Waals surface area contributed by atoms with Crippen molar-refractivity contribution in [3.05, 3.63) is 83.5 Å². The monoisotopic (exact) mass is 650 g/mol. The third-order valence-corrected chi connectivity index (χ3v) is 6.74. The molecule has 0 saturated heterocycles. The Morgan fingerprint density at radius 1 is 0.957 bits per heavy atom. The van der Waals surface area contributed by atoms with Gasteiger partial charge in [-0.15, -0.1) is 0 Å². The van der Waals surface area contributed by atoms with Crippen molar-refractivity contribution in [2.45, 2.75) is 0 Å². The van der Waals surface area contributed by atoms with Crippen LogP contribution in [0.3, 0.4) is 0 Å². The van der Waals surface area contributed by atoms with Gasteiger partial charge in [-0.05, 0) is 24.3 Å². The number of methoxy groups -OCH3 is 2. The summed E-state index contributed by atoms with van der Waals surface area (Å²) in [5, 5.41) is 25.0. The third kappa shape index (κ3) is 6.98. The minimum atomic E-state index is -1.57. The summed E-state index contributed by atoms with van der Waals surface area (Å²) in [6, 6.07) is 12.2. The van der Waals surface area contributed by atoms with Crippen molar-refractivity contribution in [1.29, 1.82) is 0 Å². The molecule has 1 aromatic heterocycles. The molecule has 1 aliphatic heterocycles. The van der Waals surface area contributed by atoms with Crippen LogP contribution in [-0.2, 0) is 0 Å². The van der Waals surface area contributed by atoms with Crippen LogP contribution < -0.4 is 45.6 Å². The number of anilines is 1. The number of carbonyl (C=O) groups excluding carboxylic acids is 1. The lowest BCUT2D eigenvalue weighted by Gasteiger charge is -2.19. The number of hydrogen-bond acceptors (Lipinski definition) is 14. The molecule has 0 fully saturated rings. The van der Waals surface area contributed by atoms with Crippen LogP contribution in [0.1, 0.15) is 15.9 Å². The molecule has 6 N–H and O–H groups in total. The Bertz CT molecular complexity index is 1830. The van der Waals surface area contributed by atoms with E-state index >= 15 is 8.78 Å². The van der Waals surface area contributed by atoms with Crippen LogP contribution >= 0.6 is 0 Å². The van der Waals surface area contributed by atoms with Crippen molar-refractivity contribution in [3.8, 4) is 52.0 Å². The predicted octanol–water partition coefficient (Wildman–Crippen LogP) is 3.29. The Hall–Kier alpha value is -6.00. The molecule has 0 bridgehead atoms. The summed E-state index contributed by atoms with van der Waals surface area (Å²) in [5.41, 5.74) is 11.7. The Morgan fingerprint density at radius 2 is 1.64 bits per heavy atom. The number of pyridine rings is 1. The molecule has 0 spiro atoms. The lowest BCUT2D eigenvalue weighted by atomic mass is 10.1. The smallest absolute Gasteiger partial charge is 0.264 e. The molecular weight excluding hydrogens is 622 g/mol. The number of hydrogen-bond donors (Lipinski definition) is 4. The standard InChI is InChI=1S/C31H28F2N6O8/c1-39-10-9-36-31(39)37-17-5-4-6-18(14-17)45-28-23(32)26(47-25-21(43-2)12-16(30(41)42)13-22(25)44-3)24(33)29(38-28)46-20-11-15(27(34)35)7-8-19(20)40/h4-8,11-14,40H,9-10H2,1-3H3,(H3,34,35)(H,36,37)(H,41,42). The van der Waals surface area contributed by atoms with Crippen LogP contribution in [0.15, 0.2) is 59.6 Å². The second kappa shape index (κ2) is 13.6. The summed E-state index contributed by atoms with van der Waals surface area (Å²) < 4.78 is 59.5. The van der Waals surface area contributed by atoms with Crippen LogP contribution in [0, 0.1) is 17.8 Å². The molecule has 0 aliphatic carbocycles. The molecule has 0 unspecified atom stereocenters. The highest BCUT2D eigenvalue weighted by Crippen LogP contribution is 2.46. The van der Waals surface area contributed by atoms with Gasteiger partial charge in [0.15, 0.2) is 34.9 Å². The molecule has 16 heteroatoms. The van der Waals surface area contributed by atoms with Gasteiger partial charge in [-0.2, -0.15) is 13.8 Å². The summed E-state index contributed by atoms with van der Waals surface area (Å²) >= 11 is 0. The molecule has 47 heavy (non-hydrogen) atoms. The van der Waals surface area contributed by atoms with Crippen LogP contribution in [0.5, 0.6) is 52.0 Å². The number of aliphatic imine (C=N–C) groups is 1. The van der Waals surface area contributed by atoms with E-state index in [2.05, 4.69) is 15.3 Å². The fourth-order valence-electron chi connectivity index (χ4n) is 4.33. The van der Waals surface area contributed by atoms with Crippen LogP contribution in [-0.4, -0.2) is 61.3 Å². The van der Waals surface area contributed by atoms with Crippen LogP contribution in [0.4, 0.5) is 14.5 Å². The largest absolute Gasteiger partial charge is 0.545 e. The van der Waals surface area contributed by atoms with E-state index in [1.165, 1.54) is 44.6 Å². The number of ether oxygens (including phenoxy) is 5. The number of aromatic nitrogens is 1. The van der Waals surface area contributed by atoms with Gasteiger partial charge in [-0.25, -0.2) is 11.5 Å². The Morgan fingerprint density at radius 3 is 2.23 bits per heavy atom. The minimum absolute atomic E-state index is 0.0787. The lowest BCUT2D eigenvalue weighted by Crippen LogP contribution is -2.28. The van der Waals surface area contributed by atoms with E-state index in [1.807, 2.05) is 11.9 Å². The number of benzene rings is 3. The fourth-order valence-corrected chi connectivity index (χ4v) is 4.33. The second-order valence-corrected chi connectivity index (χ2v) is 9.90. The van der Waals surface area contributed by atoms with Gasteiger partial charge >= 0.3 is 0 Å². The van der Waals surface area contributed by atoms with Crippen molar-refractivity contribution >= 4 is 17.6 Å². The number of nitrogens with two attached hydrogens (primary N) is 2. The lowest BCUT2D eigenvalue weighted by molar-refractivity contribution is -0.255. The number of phenols is 1. The quantitative estimate of drug-likeness (QED) is 0.173. The van der Waals surface area contributed by atoms with Crippen molar-refractivity contribution in [1.82, 2.24) is 9.88 Å². The first kappa shape index (κ1) is 32.4. The minimum Gasteiger partial charge on any atom is -0.545 e. The number of halogens is 2. The van der Waals surface area contributed by atoms with Crippen molar-refractivity contribution in [3.63, 3.8) is 0 Å². The van der Waals surface area contributed by atoms with Gasteiger partial charge < -0.3 is 48.9 Å². The highest BCUT2D eigenvalue weighted by molar-refractivity contribution is 5.94. The van der Waals surface area contributed by atoms with Gasteiger partial charge in [-0.1, -0.05) is 6.07 Å². The van der Waals surface area contributed by atoms with Crippen molar-refractivity contribution in [2.24, 2.45) is 16.5 Å². The number of guanidine groups is 1. The molecule has 0 amide bonds. The number of likely N-dealkylation sites (N-methyl/N-ethyl adjacent to an activating group) is 1. The summed E-state index contributed by atoms with van der Waals surface area (Å²) in [4.78, 5) is 21.7. The first-order chi connectivity index (χ1) is 22.5. The fraction of sp³-hybridized carbons (Fsp3) is 0.161. The van der Waals surface area contributed by atoms with Crippen LogP contribution in [0.25, 0.3) is 0 Å². The Kier molecular flexibility index (Phi) is 9.34. The van der Waals surface area contributed by atoms with E-state index in [0.717, 1.165) is 18.7 Å². The third-order valence-electron chi connectivity index (χ3n) is 6.74. The maximum Gasteiger partial charge on any atom is 0.264 e. The highest BCUT2D eigenvalue weighted by atomic mass is 19.1. The maximum atomic E-state index is 16.1. The van der Waals surface area contributed by atoms with E-state index < -0.39 is 46.6 Å². The van der Waals surface area contributed by atoms with Crippen LogP contribution in [0.2, 0.25) is 0 Å². The normalized spacial score (nSPS) is 12.3. The number of rotatable bonds is 11. The predicted molar refractivity (Wildman–Crippen MR) is 162 cm³/mol. The van der Waals surface area contributed by atoms with Gasteiger partial charge in [0.2, 0.25) is 28.9 Å². The van der Waals surface area contributed by atoms with Gasteiger partial charge in [0.25, 0.3) is 11.8 Å². The first-order valence-electron chi connectivity index (χ1n) is 13.7. The number of nitrogens with zero attached hydrogens (tertiary/aromatic N) is 3. The molecule has 0 atom stereocenters. The van der Waals surface area contributed by atoms with Gasteiger partial charge in [0.1, 0.15) is 5.75 Å². The Balaban J connectivity index is 1.60. The van der Waals surface area contributed by atoms with E-state index in [0.29, 0.717) is 18.2 Å². The molecule has 244 valence electrons. The average molecular weight is 651 g/mol. The zero-order chi connectivity index (χ0) is 33.8. The SMILES string of the molecule is COc1cc(C(=O)[O-])cc(OC)c1Oc1c(F)c(Oc2cccc(NC3=NCCN3C)c2)nc(Oc2cc([C+](N)N)ccc2O)c1F.